The van der Waals surface area contributed by atoms with Gasteiger partial charge in [0.15, 0.2) is 11.6 Å². The molecule has 0 saturated carbocycles. The molecule has 0 aliphatic carbocycles. The number of rotatable bonds is 6. The zero-order chi connectivity index (χ0) is 14.7. The topological polar surface area (TPSA) is 72.2 Å². The van der Waals surface area contributed by atoms with E-state index in [4.69, 9.17) is 5.73 Å². The van der Waals surface area contributed by atoms with Crippen LogP contribution in [0.1, 0.15) is 26.7 Å². The fourth-order valence-electron chi connectivity index (χ4n) is 1.76. The third-order valence-corrected chi connectivity index (χ3v) is 4.90. The van der Waals surface area contributed by atoms with Gasteiger partial charge >= 0.3 is 0 Å². The number of sulfonamides is 1. The SMILES string of the molecule is CCC(CC)(CN)NS(=O)(=O)c1cccc(F)c1F. The Hall–Kier alpha value is -1.05. The van der Waals surface area contributed by atoms with Gasteiger partial charge in [0.25, 0.3) is 0 Å². The average molecular weight is 292 g/mol. The lowest BCUT2D eigenvalue weighted by Crippen LogP contribution is -2.52. The maximum atomic E-state index is 13.6. The maximum Gasteiger partial charge on any atom is 0.244 e. The van der Waals surface area contributed by atoms with Crippen LogP contribution in [0, 0.1) is 11.6 Å². The Morgan fingerprint density at radius 2 is 1.84 bits per heavy atom. The number of benzene rings is 1. The van der Waals surface area contributed by atoms with E-state index in [1.807, 2.05) is 0 Å². The van der Waals surface area contributed by atoms with Gasteiger partial charge in [0.05, 0.1) is 0 Å². The van der Waals surface area contributed by atoms with E-state index in [0.29, 0.717) is 12.8 Å². The van der Waals surface area contributed by atoms with E-state index in [9.17, 15) is 17.2 Å². The Kier molecular flexibility index (Phi) is 5.00. The van der Waals surface area contributed by atoms with Crippen molar-refractivity contribution < 1.29 is 17.2 Å². The first kappa shape index (κ1) is 16.0. The molecule has 0 atom stereocenters. The molecule has 1 aromatic rings. The van der Waals surface area contributed by atoms with Crippen molar-refractivity contribution in [1.29, 1.82) is 0 Å². The molecule has 1 aromatic carbocycles. The predicted molar refractivity (Wildman–Crippen MR) is 69.0 cm³/mol. The van der Waals surface area contributed by atoms with Crippen molar-refractivity contribution in [2.75, 3.05) is 6.54 Å². The van der Waals surface area contributed by atoms with Crippen LogP contribution in [-0.2, 0) is 10.0 Å². The highest BCUT2D eigenvalue weighted by Gasteiger charge is 2.32. The zero-order valence-corrected chi connectivity index (χ0v) is 11.7. The van der Waals surface area contributed by atoms with Crippen LogP contribution in [0.3, 0.4) is 0 Å². The molecule has 0 bridgehead atoms. The molecule has 0 fully saturated rings. The van der Waals surface area contributed by atoms with E-state index in [2.05, 4.69) is 4.72 Å². The number of hydrogen-bond acceptors (Lipinski definition) is 3. The molecule has 0 spiro atoms. The van der Waals surface area contributed by atoms with E-state index in [-0.39, 0.29) is 6.54 Å². The summed E-state index contributed by atoms with van der Waals surface area (Å²) >= 11 is 0. The summed E-state index contributed by atoms with van der Waals surface area (Å²) in [5.41, 5.74) is 4.74. The molecular weight excluding hydrogens is 274 g/mol. The molecule has 0 saturated heterocycles. The average Bonchev–Trinajstić information content (AvgIpc) is 2.39. The Morgan fingerprint density at radius 1 is 1.26 bits per heavy atom. The Bertz CT molecular complexity index is 534. The lowest BCUT2D eigenvalue weighted by molar-refractivity contribution is 0.362. The van der Waals surface area contributed by atoms with Gasteiger partial charge in [-0.2, -0.15) is 0 Å². The molecule has 3 N–H and O–H groups in total. The highest BCUT2D eigenvalue weighted by molar-refractivity contribution is 7.89. The van der Waals surface area contributed by atoms with Gasteiger partial charge in [-0.15, -0.1) is 0 Å². The standard InChI is InChI=1S/C12H18F2N2O2S/c1-3-12(4-2,8-15)16-19(17,18)10-7-5-6-9(13)11(10)14/h5-7,16H,3-4,8,15H2,1-2H3. The Balaban J connectivity index is 3.22. The summed E-state index contributed by atoms with van der Waals surface area (Å²) in [6.45, 7) is 3.64. The fraction of sp³-hybridized carbons (Fsp3) is 0.500. The van der Waals surface area contributed by atoms with Gasteiger partial charge in [-0.3, -0.25) is 0 Å². The van der Waals surface area contributed by atoms with Crippen molar-refractivity contribution in [3.63, 3.8) is 0 Å². The maximum absolute atomic E-state index is 13.6. The fourth-order valence-corrected chi connectivity index (χ4v) is 3.40. The van der Waals surface area contributed by atoms with Crippen molar-refractivity contribution in [2.45, 2.75) is 37.1 Å². The minimum Gasteiger partial charge on any atom is -0.329 e. The first-order valence-electron chi connectivity index (χ1n) is 6.00. The van der Waals surface area contributed by atoms with E-state index in [1.165, 1.54) is 0 Å². The predicted octanol–water partition coefficient (Wildman–Crippen LogP) is 1.76. The third kappa shape index (κ3) is 3.29. The second-order valence-electron chi connectivity index (χ2n) is 4.35. The van der Waals surface area contributed by atoms with Crippen LogP contribution in [0.2, 0.25) is 0 Å². The van der Waals surface area contributed by atoms with Gasteiger partial charge in [0.2, 0.25) is 10.0 Å². The van der Waals surface area contributed by atoms with Crippen LogP contribution in [0.4, 0.5) is 8.78 Å². The molecule has 1 rings (SSSR count). The number of nitrogens with two attached hydrogens (primary N) is 1. The first-order chi connectivity index (χ1) is 8.82. The van der Waals surface area contributed by atoms with Crippen LogP contribution in [0.5, 0.6) is 0 Å². The zero-order valence-electron chi connectivity index (χ0n) is 10.9. The van der Waals surface area contributed by atoms with Crippen molar-refractivity contribution >= 4 is 10.0 Å². The second-order valence-corrected chi connectivity index (χ2v) is 6.00. The summed E-state index contributed by atoms with van der Waals surface area (Å²) in [4.78, 5) is -0.702. The van der Waals surface area contributed by atoms with Gasteiger partial charge in [-0.05, 0) is 25.0 Å². The van der Waals surface area contributed by atoms with Gasteiger partial charge in [-0.25, -0.2) is 21.9 Å². The van der Waals surface area contributed by atoms with Crippen molar-refractivity contribution in [2.24, 2.45) is 5.73 Å². The van der Waals surface area contributed by atoms with Crippen molar-refractivity contribution in [3.05, 3.63) is 29.8 Å². The molecule has 0 aliphatic rings. The normalized spacial score (nSPS) is 12.7. The summed E-state index contributed by atoms with van der Waals surface area (Å²) < 4.78 is 53.3. The van der Waals surface area contributed by atoms with Crippen LogP contribution in [0.25, 0.3) is 0 Å². The second kappa shape index (κ2) is 5.94. The molecule has 0 aliphatic heterocycles. The molecule has 0 amide bonds. The van der Waals surface area contributed by atoms with Gasteiger partial charge in [0, 0.05) is 12.1 Å². The molecular formula is C12H18F2N2O2S. The molecule has 0 aromatic heterocycles. The molecule has 0 unspecified atom stereocenters. The van der Waals surface area contributed by atoms with E-state index in [0.717, 1.165) is 18.2 Å². The van der Waals surface area contributed by atoms with Gasteiger partial charge in [-0.1, -0.05) is 19.9 Å². The summed E-state index contributed by atoms with van der Waals surface area (Å²) in [6.07, 6.45) is 0.909. The summed E-state index contributed by atoms with van der Waals surface area (Å²) in [5.74, 6) is -2.58. The minimum absolute atomic E-state index is 0.0795. The van der Waals surface area contributed by atoms with E-state index < -0.39 is 32.1 Å². The lowest BCUT2D eigenvalue weighted by atomic mass is 9.95. The monoisotopic (exact) mass is 292 g/mol. The summed E-state index contributed by atoms with van der Waals surface area (Å²) in [5, 5.41) is 0. The van der Waals surface area contributed by atoms with Crippen LogP contribution >= 0.6 is 0 Å². The molecule has 108 valence electrons. The lowest BCUT2D eigenvalue weighted by Gasteiger charge is -2.31. The highest BCUT2D eigenvalue weighted by atomic mass is 32.2. The van der Waals surface area contributed by atoms with E-state index >= 15 is 0 Å². The Labute approximate surface area is 112 Å². The van der Waals surface area contributed by atoms with Crippen molar-refractivity contribution in [3.8, 4) is 0 Å². The molecule has 0 heterocycles. The highest BCUT2D eigenvalue weighted by Crippen LogP contribution is 2.21. The number of nitrogens with one attached hydrogen (secondary N) is 1. The van der Waals surface area contributed by atoms with E-state index in [1.54, 1.807) is 13.8 Å². The van der Waals surface area contributed by atoms with Gasteiger partial charge in [0.1, 0.15) is 4.90 Å². The summed E-state index contributed by atoms with van der Waals surface area (Å²) in [6, 6.07) is 3.03. The quantitative estimate of drug-likeness (QED) is 0.839. The molecule has 19 heavy (non-hydrogen) atoms. The first-order valence-corrected chi connectivity index (χ1v) is 7.48. The smallest absolute Gasteiger partial charge is 0.244 e. The Morgan fingerprint density at radius 3 is 2.32 bits per heavy atom. The largest absolute Gasteiger partial charge is 0.329 e. The number of halogens is 2. The molecule has 4 nitrogen and oxygen atoms in total. The van der Waals surface area contributed by atoms with Crippen LogP contribution < -0.4 is 10.5 Å². The van der Waals surface area contributed by atoms with Gasteiger partial charge < -0.3 is 5.73 Å². The van der Waals surface area contributed by atoms with Crippen LogP contribution in [-0.4, -0.2) is 20.5 Å². The minimum atomic E-state index is -4.15. The summed E-state index contributed by atoms with van der Waals surface area (Å²) in [7, 11) is -4.15. The molecule has 0 radical (unpaired) electrons. The molecule has 7 heteroatoms. The van der Waals surface area contributed by atoms with Crippen molar-refractivity contribution in [1.82, 2.24) is 4.72 Å². The third-order valence-electron chi connectivity index (χ3n) is 3.30. The van der Waals surface area contributed by atoms with Crippen LogP contribution in [0.15, 0.2) is 23.1 Å². The number of hydrogen-bond donors (Lipinski definition) is 2.